The van der Waals surface area contributed by atoms with Gasteiger partial charge in [-0.25, -0.2) is 14.0 Å². The van der Waals surface area contributed by atoms with Crippen molar-refractivity contribution in [3.8, 4) is 0 Å². The number of esters is 2. The lowest BCUT2D eigenvalue weighted by atomic mass is 10.1. The van der Waals surface area contributed by atoms with E-state index in [0.29, 0.717) is 0 Å². The van der Waals surface area contributed by atoms with E-state index in [4.69, 9.17) is 0 Å². The van der Waals surface area contributed by atoms with Gasteiger partial charge in [0.15, 0.2) is 0 Å². The van der Waals surface area contributed by atoms with E-state index in [9.17, 15) is 14.0 Å². The van der Waals surface area contributed by atoms with Crippen molar-refractivity contribution >= 4 is 17.6 Å². The van der Waals surface area contributed by atoms with Gasteiger partial charge in [-0.2, -0.15) is 0 Å². The number of anilines is 1. The van der Waals surface area contributed by atoms with Crippen LogP contribution in [-0.2, 0) is 14.3 Å². The Morgan fingerprint density at radius 3 is 2.50 bits per heavy atom. The minimum Gasteiger partial charge on any atom is -0.467 e. The maximum atomic E-state index is 13.1. The molecule has 0 aliphatic rings. The Balaban J connectivity index is 3.02. The van der Waals surface area contributed by atoms with Crippen LogP contribution >= 0.6 is 0 Å². The molecule has 18 heavy (non-hydrogen) atoms. The molecular weight excluding hydrogens is 241 g/mol. The molecule has 0 aliphatic carbocycles. The summed E-state index contributed by atoms with van der Waals surface area (Å²) in [5.74, 6) is -1.66. The lowest BCUT2D eigenvalue weighted by molar-refractivity contribution is -0.141. The van der Waals surface area contributed by atoms with Crippen LogP contribution in [0.2, 0.25) is 0 Å². The molecule has 0 aliphatic heterocycles. The lowest BCUT2D eigenvalue weighted by Crippen LogP contribution is -2.28. The van der Waals surface area contributed by atoms with Crippen LogP contribution in [0.4, 0.5) is 10.1 Å². The predicted molar refractivity (Wildman–Crippen MR) is 62.8 cm³/mol. The first-order valence-corrected chi connectivity index (χ1v) is 5.21. The Bertz CT molecular complexity index is 461. The van der Waals surface area contributed by atoms with Crippen LogP contribution in [0, 0.1) is 5.82 Å². The van der Waals surface area contributed by atoms with Crippen LogP contribution in [-0.4, -0.2) is 32.2 Å². The molecule has 0 fully saturated rings. The summed E-state index contributed by atoms with van der Waals surface area (Å²) in [6.07, 6.45) is 0. The van der Waals surface area contributed by atoms with Crippen molar-refractivity contribution in [1.82, 2.24) is 0 Å². The zero-order valence-corrected chi connectivity index (χ0v) is 10.3. The van der Waals surface area contributed by atoms with Crippen LogP contribution in [0.25, 0.3) is 0 Å². The first kappa shape index (κ1) is 14.0. The maximum Gasteiger partial charge on any atom is 0.339 e. The number of hydrogen-bond donors (Lipinski definition) is 1. The van der Waals surface area contributed by atoms with E-state index in [1.165, 1.54) is 27.2 Å². The van der Waals surface area contributed by atoms with E-state index in [1.54, 1.807) is 0 Å². The molecule has 1 rings (SSSR count). The Hall–Kier alpha value is -2.11. The van der Waals surface area contributed by atoms with Crippen molar-refractivity contribution in [2.75, 3.05) is 19.5 Å². The van der Waals surface area contributed by atoms with Gasteiger partial charge in [0.05, 0.1) is 25.5 Å². The third-order valence-corrected chi connectivity index (χ3v) is 2.31. The number of halogens is 1. The van der Waals surface area contributed by atoms with Crippen LogP contribution in [0.1, 0.15) is 17.3 Å². The van der Waals surface area contributed by atoms with Crippen molar-refractivity contribution < 1.29 is 23.5 Å². The molecule has 0 saturated carbocycles. The molecule has 1 N–H and O–H groups in total. The van der Waals surface area contributed by atoms with Gasteiger partial charge in [-0.1, -0.05) is 0 Å². The summed E-state index contributed by atoms with van der Waals surface area (Å²) in [7, 11) is 2.46. The van der Waals surface area contributed by atoms with Gasteiger partial charge in [0.25, 0.3) is 0 Å². The van der Waals surface area contributed by atoms with Crippen LogP contribution < -0.4 is 5.32 Å². The number of carbonyl (C=O) groups is 2. The summed E-state index contributed by atoms with van der Waals surface area (Å²) in [6.45, 7) is 1.54. The molecule has 0 aromatic heterocycles. The summed E-state index contributed by atoms with van der Waals surface area (Å²) in [5.41, 5.74) is 0.328. The van der Waals surface area contributed by atoms with Crippen LogP contribution in [0.15, 0.2) is 18.2 Å². The molecule has 0 radical (unpaired) electrons. The number of benzene rings is 1. The number of ether oxygens (including phenoxy) is 2. The fourth-order valence-electron chi connectivity index (χ4n) is 1.39. The van der Waals surface area contributed by atoms with Crippen LogP contribution in [0.3, 0.4) is 0 Å². The van der Waals surface area contributed by atoms with Crippen molar-refractivity contribution in [1.29, 1.82) is 0 Å². The molecule has 0 amide bonds. The Kier molecular flexibility index (Phi) is 4.65. The molecule has 0 spiro atoms. The average molecular weight is 255 g/mol. The first-order chi connectivity index (χ1) is 8.49. The molecule has 0 saturated heterocycles. The maximum absolute atomic E-state index is 13.1. The van der Waals surface area contributed by atoms with E-state index in [1.807, 2.05) is 0 Å². The number of nitrogens with one attached hydrogen (secondary N) is 1. The second kappa shape index (κ2) is 6.00. The third-order valence-electron chi connectivity index (χ3n) is 2.31. The van der Waals surface area contributed by atoms with Crippen molar-refractivity contribution in [3.63, 3.8) is 0 Å². The van der Waals surface area contributed by atoms with Crippen molar-refractivity contribution in [2.24, 2.45) is 0 Å². The largest absolute Gasteiger partial charge is 0.467 e. The molecule has 1 unspecified atom stereocenters. The summed E-state index contributed by atoms with van der Waals surface area (Å²) in [5, 5.41) is 2.70. The highest BCUT2D eigenvalue weighted by atomic mass is 19.1. The SMILES string of the molecule is COC(=O)c1ccc(F)cc1NC(C)C(=O)OC. The van der Waals surface area contributed by atoms with E-state index >= 15 is 0 Å². The highest BCUT2D eigenvalue weighted by Gasteiger charge is 2.18. The number of hydrogen-bond acceptors (Lipinski definition) is 5. The minimum absolute atomic E-state index is 0.148. The molecular formula is C12H14FNO4. The quantitative estimate of drug-likeness (QED) is 0.827. The molecule has 6 heteroatoms. The van der Waals surface area contributed by atoms with E-state index in [-0.39, 0.29) is 11.3 Å². The molecule has 0 bridgehead atoms. The van der Waals surface area contributed by atoms with Gasteiger partial charge in [-0.05, 0) is 25.1 Å². The number of carbonyl (C=O) groups excluding carboxylic acids is 2. The smallest absolute Gasteiger partial charge is 0.339 e. The van der Waals surface area contributed by atoms with Crippen LogP contribution in [0.5, 0.6) is 0 Å². The molecule has 5 nitrogen and oxygen atoms in total. The first-order valence-electron chi connectivity index (χ1n) is 5.21. The summed E-state index contributed by atoms with van der Waals surface area (Å²) in [6, 6.07) is 2.83. The van der Waals surface area contributed by atoms with Gasteiger partial charge >= 0.3 is 11.9 Å². The van der Waals surface area contributed by atoms with Crippen molar-refractivity contribution in [3.05, 3.63) is 29.6 Å². The molecule has 1 atom stereocenters. The van der Waals surface area contributed by atoms with E-state index < -0.39 is 23.8 Å². The van der Waals surface area contributed by atoms with Gasteiger partial charge in [-0.15, -0.1) is 0 Å². The zero-order valence-electron chi connectivity index (χ0n) is 10.3. The zero-order chi connectivity index (χ0) is 13.7. The summed E-state index contributed by atoms with van der Waals surface area (Å²) in [4.78, 5) is 22.7. The van der Waals surface area contributed by atoms with E-state index in [2.05, 4.69) is 14.8 Å². The Labute approximate surface area is 104 Å². The standard InChI is InChI=1S/C12H14FNO4/c1-7(11(15)17-2)14-10-6-8(13)4-5-9(10)12(16)18-3/h4-7,14H,1-3H3. The summed E-state index contributed by atoms with van der Waals surface area (Å²) < 4.78 is 22.2. The summed E-state index contributed by atoms with van der Waals surface area (Å²) >= 11 is 0. The van der Waals surface area contributed by atoms with Gasteiger partial charge < -0.3 is 14.8 Å². The highest BCUT2D eigenvalue weighted by Crippen LogP contribution is 2.19. The molecule has 0 heterocycles. The van der Waals surface area contributed by atoms with Gasteiger partial charge in [0.2, 0.25) is 0 Å². The molecule has 1 aromatic rings. The van der Waals surface area contributed by atoms with Gasteiger partial charge in [0.1, 0.15) is 11.9 Å². The molecule has 98 valence electrons. The highest BCUT2D eigenvalue weighted by molar-refractivity contribution is 5.96. The Morgan fingerprint density at radius 2 is 1.94 bits per heavy atom. The second-order valence-electron chi connectivity index (χ2n) is 3.57. The molecule has 1 aromatic carbocycles. The number of methoxy groups -OCH3 is 2. The van der Waals surface area contributed by atoms with E-state index in [0.717, 1.165) is 12.1 Å². The van der Waals surface area contributed by atoms with Gasteiger partial charge in [0, 0.05) is 0 Å². The number of rotatable bonds is 4. The van der Waals surface area contributed by atoms with Crippen molar-refractivity contribution in [2.45, 2.75) is 13.0 Å². The monoisotopic (exact) mass is 255 g/mol. The normalized spacial score (nSPS) is 11.6. The Morgan fingerprint density at radius 1 is 1.28 bits per heavy atom. The van der Waals surface area contributed by atoms with Gasteiger partial charge in [-0.3, -0.25) is 0 Å². The fourth-order valence-corrected chi connectivity index (χ4v) is 1.39. The second-order valence-corrected chi connectivity index (χ2v) is 3.57. The lowest BCUT2D eigenvalue weighted by Gasteiger charge is -2.15. The minimum atomic E-state index is -0.708. The fraction of sp³-hybridized carbons (Fsp3) is 0.333. The topological polar surface area (TPSA) is 64.6 Å². The third kappa shape index (κ3) is 3.19. The average Bonchev–Trinajstić information content (AvgIpc) is 2.37. The predicted octanol–water partition coefficient (Wildman–Crippen LogP) is 1.59.